The normalized spacial score (nSPS) is 9.29. The van der Waals surface area contributed by atoms with Gasteiger partial charge in [-0.2, -0.15) is 0 Å². The number of carboxylic acid groups (broad SMARTS) is 6. The first-order chi connectivity index (χ1) is 12.6. The number of carbonyl (C=O) groups excluding carboxylic acids is 3. The Labute approximate surface area is 239 Å². The van der Waals surface area contributed by atoms with Crippen molar-refractivity contribution in [3.63, 3.8) is 0 Å². The first-order valence-electron chi connectivity index (χ1n) is 6.48. The minimum Gasteiger partial charge on any atom is -0.550 e. The molecule has 0 aromatic carbocycles. The first kappa shape index (κ1) is 44.4. The van der Waals surface area contributed by atoms with Crippen LogP contribution in [-0.4, -0.2) is 83.1 Å². The third kappa shape index (κ3) is 22.6. The zero-order chi connectivity index (χ0) is 23.3. The molecule has 0 amide bonds. The number of carboxylic acids is 6. The molecule has 16 nitrogen and oxygen atoms in total. The van der Waals surface area contributed by atoms with E-state index in [1.807, 2.05) is 0 Å². The minimum absolute atomic E-state index is 0. The van der Waals surface area contributed by atoms with Crippen LogP contribution in [-0.2, 0) is 28.8 Å². The van der Waals surface area contributed by atoms with Crippen LogP contribution in [0.4, 0.5) is 0 Å². The molecule has 0 aromatic rings. The maximum Gasteiger partial charge on any atom is 1.00 e. The zero-order valence-electron chi connectivity index (χ0n) is 16.6. The van der Waals surface area contributed by atoms with Crippen LogP contribution in [0.15, 0.2) is 0 Å². The van der Waals surface area contributed by atoms with Gasteiger partial charge in [0, 0.05) is 24.8 Å². The fourth-order valence-electron chi connectivity index (χ4n) is 1.40. The van der Waals surface area contributed by atoms with E-state index < -0.39 is 72.7 Å². The summed E-state index contributed by atoms with van der Waals surface area (Å²) < 4.78 is 0. The summed E-state index contributed by atoms with van der Waals surface area (Å²) in [6.07, 6.45) is -5.00. The summed E-state index contributed by atoms with van der Waals surface area (Å²) in [5, 5.41) is 84.7. The van der Waals surface area contributed by atoms with Crippen LogP contribution in [0.2, 0.25) is 0 Å². The predicted molar refractivity (Wildman–Crippen MR) is 71.6 cm³/mol. The van der Waals surface area contributed by atoms with Crippen LogP contribution >= 0.6 is 0 Å². The molecule has 0 saturated carbocycles. The van der Waals surface area contributed by atoms with E-state index in [2.05, 4.69) is 0 Å². The van der Waals surface area contributed by atoms with Gasteiger partial charge in [0.25, 0.3) is 0 Å². The Bertz CT molecular complexity index is 523. The second-order valence-corrected chi connectivity index (χ2v) is 4.89. The molecule has 0 saturated heterocycles. The third-order valence-electron chi connectivity index (χ3n) is 2.54. The van der Waals surface area contributed by atoms with Gasteiger partial charge in [-0.1, -0.05) is 0 Å². The Hall–Kier alpha value is -0.340. The molecule has 162 valence electrons. The van der Waals surface area contributed by atoms with Gasteiger partial charge in [-0.25, -0.2) is 4.79 Å². The van der Waals surface area contributed by atoms with Crippen molar-refractivity contribution in [3.8, 4) is 0 Å². The van der Waals surface area contributed by atoms with E-state index in [1.165, 1.54) is 0 Å². The molecule has 0 heterocycles. The van der Waals surface area contributed by atoms with Gasteiger partial charge in [0.15, 0.2) is 5.60 Å². The average molecular weight is 484 g/mol. The van der Waals surface area contributed by atoms with Crippen molar-refractivity contribution in [1.82, 2.24) is 0 Å². The molecular formula is C12H15Na3O16. The van der Waals surface area contributed by atoms with E-state index in [0.717, 1.165) is 0 Å². The Morgan fingerprint density at radius 2 is 0.839 bits per heavy atom. The SMILES string of the molecule is O=C(O)CC(O)(CC(=O)O)C(=O)O.O=C([O-])CC(O)(CC(=O)[O-])C(=O)[O-].OO.[Na+].[Na+].[Na+]. The molecule has 0 aromatic heterocycles. The van der Waals surface area contributed by atoms with Crippen LogP contribution in [0.3, 0.4) is 0 Å². The second-order valence-electron chi connectivity index (χ2n) is 4.89. The van der Waals surface area contributed by atoms with Crippen molar-refractivity contribution in [2.45, 2.75) is 36.9 Å². The van der Waals surface area contributed by atoms with Crippen LogP contribution < -0.4 is 104 Å². The van der Waals surface area contributed by atoms with Crippen molar-refractivity contribution in [2.24, 2.45) is 0 Å². The number of carbonyl (C=O) groups is 6. The van der Waals surface area contributed by atoms with Crippen molar-refractivity contribution in [2.75, 3.05) is 0 Å². The molecule has 0 rings (SSSR count). The fourth-order valence-corrected chi connectivity index (χ4v) is 1.40. The van der Waals surface area contributed by atoms with Crippen molar-refractivity contribution >= 4 is 35.8 Å². The Morgan fingerprint density at radius 1 is 0.581 bits per heavy atom. The van der Waals surface area contributed by atoms with Crippen LogP contribution in [0.5, 0.6) is 0 Å². The molecule has 0 unspecified atom stereocenters. The molecule has 0 radical (unpaired) electrons. The van der Waals surface area contributed by atoms with Gasteiger partial charge in [0.05, 0.1) is 18.8 Å². The van der Waals surface area contributed by atoms with Gasteiger partial charge in [-0.05, 0) is 0 Å². The number of hydrogen-bond donors (Lipinski definition) is 7. The van der Waals surface area contributed by atoms with E-state index in [9.17, 15) is 44.1 Å². The summed E-state index contributed by atoms with van der Waals surface area (Å²) >= 11 is 0. The molecule has 0 aliphatic heterocycles. The maximum atomic E-state index is 10.3. The summed E-state index contributed by atoms with van der Waals surface area (Å²) in [6, 6.07) is 0. The largest absolute Gasteiger partial charge is 1.00 e. The third-order valence-corrected chi connectivity index (χ3v) is 2.54. The molecule has 0 aliphatic carbocycles. The molecule has 0 spiro atoms. The van der Waals surface area contributed by atoms with Gasteiger partial charge in [0.1, 0.15) is 5.60 Å². The topological polar surface area (TPSA) is 313 Å². The van der Waals surface area contributed by atoms with E-state index in [1.54, 1.807) is 0 Å². The Balaban J connectivity index is -0.0000000855. The van der Waals surface area contributed by atoms with Crippen LogP contribution in [0, 0.1) is 0 Å². The monoisotopic (exact) mass is 484 g/mol. The van der Waals surface area contributed by atoms with Gasteiger partial charge in [-0.3, -0.25) is 20.1 Å². The molecule has 19 heteroatoms. The molecule has 0 aliphatic rings. The van der Waals surface area contributed by atoms with Crippen LogP contribution in [0.25, 0.3) is 0 Å². The van der Waals surface area contributed by atoms with Crippen molar-refractivity contribution < 1.29 is 169 Å². The van der Waals surface area contributed by atoms with Crippen molar-refractivity contribution in [3.05, 3.63) is 0 Å². The summed E-state index contributed by atoms with van der Waals surface area (Å²) in [4.78, 5) is 60.5. The predicted octanol–water partition coefficient (Wildman–Crippen LogP) is -15.5. The summed E-state index contributed by atoms with van der Waals surface area (Å²) in [7, 11) is 0. The molecular weight excluding hydrogens is 469 g/mol. The molecule has 31 heavy (non-hydrogen) atoms. The van der Waals surface area contributed by atoms with Crippen LogP contribution in [0.1, 0.15) is 25.7 Å². The number of rotatable bonds is 10. The van der Waals surface area contributed by atoms with E-state index in [4.69, 9.17) is 36.0 Å². The molecule has 0 bridgehead atoms. The maximum absolute atomic E-state index is 10.3. The smallest absolute Gasteiger partial charge is 0.550 e. The number of aliphatic hydroxyl groups is 2. The fraction of sp³-hybridized carbons (Fsp3) is 0.500. The standard InChI is InChI=1S/2C6H8O7.3Na.H2O2/c2*7-3(8)1-6(13,5(11)12)2-4(9)10;;;;1-2/h2*13H,1-2H2,(H,7,8)(H,9,10)(H,11,12);;;;1-2H/q;;3*+1;/p-3. The van der Waals surface area contributed by atoms with E-state index in [0.29, 0.717) is 0 Å². The molecule has 0 fully saturated rings. The second kappa shape index (κ2) is 21.5. The Morgan fingerprint density at radius 3 is 0.968 bits per heavy atom. The minimum atomic E-state index is -2.97. The van der Waals surface area contributed by atoms with Crippen molar-refractivity contribution in [1.29, 1.82) is 0 Å². The number of aliphatic carboxylic acids is 6. The van der Waals surface area contributed by atoms with E-state index >= 15 is 0 Å². The first-order valence-corrected chi connectivity index (χ1v) is 6.48. The van der Waals surface area contributed by atoms with E-state index in [-0.39, 0.29) is 88.7 Å². The molecule has 7 N–H and O–H groups in total. The number of hydrogen-bond acceptors (Lipinski definition) is 13. The summed E-state index contributed by atoms with van der Waals surface area (Å²) in [5.74, 6) is -11.0. The Kier molecular flexibility index (Phi) is 30.8. The average Bonchev–Trinajstić information content (AvgIpc) is 2.46. The zero-order valence-corrected chi connectivity index (χ0v) is 22.6. The molecule has 0 atom stereocenters. The van der Waals surface area contributed by atoms with Gasteiger partial charge < -0.3 is 55.2 Å². The summed E-state index contributed by atoms with van der Waals surface area (Å²) in [6.45, 7) is 0. The quantitative estimate of drug-likeness (QED) is 0.0859. The van der Waals surface area contributed by atoms with Gasteiger partial charge >= 0.3 is 107 Å². The van der Waals surface area contributed by atoms with Gasteiger partial charge in [0.2, 0.25) is 0 Å². The summed E-state index contributed by atoms with van der Waals surface area (Å²) in [5.41, 5.74) is -5.71. The van der Waals surface area contributed by atoms with Gasteiger partial charge in [-0.15, -0.1) is 0 Å².